The van der Waals surface area contributed by atoms with Gasteiger partial charge in [0.05, 0.1) is 35.8 Å². The summed E-state index contributed by atoms with van der Waals surface area (Å²) in [4.78, 5) is 20.5. The van der Waals surface area contributed by atoms with E-state index in [0.717, 1.165) is 12.1 Å². The molecule has 0 radical (unpaired) electrons. The van der Waals surface area contributed by atoms with Crippen LogP contribution in [0.4, 0.5) is 17.1 Å². The average molecular weight is 360 g/mol. The molecule has 0 atom stereocenters. The van der Waals surface area contributed by atoms with Crippen LogP contribution in [0, 0.1) is 20.2 Å². The summed E-state index contributed by atoms with van der Waals surface area (Å²) in [6.45, 7) is 1.70. The first-order valence-electron chi connectivity index (χ1n) is 7.33. The molecular formula is C16H16N4O6. The van der Waals surface area contributed by atoms with Crippen molar-refractivity contribution in [3.63, 3.8) is 0 Å². The highest BCUT2D eigenvalue weighted by atomic mass is 16.6. The number of nitro benzene ring substituents is 2. The van der Waals surface area contributed by atoms with Gasteiger partial charge in [0.15, 0.2) is 11.5 Å². The molecule has 0 saturated heterocycles. The first kappa shape index (κ1) is 18.6. The highest BCUT2D eigenvalue weighted by Gasteiger charge is 2.19. The summed E-state index contributed by atoms with van der Waals surface area (Å²) in [5.74, 6) is 1.07. The number of nitrogens with zero attached hydrogens (tertiary/aromatic N) is 3. The average Bonchev–Trinajstić information content (AvgIpc) is 2.64. The number of non-ortho nitro benzene ring substituents is 1. The predicted molar refractivity (Wildman–Crippen MR) is 95.1 cm³/mol. The molecule has 0 fully saturated rings. The van der Waals surface area contributed by atoms with Crippen LogP contribution < -0.4 is 14.9 Å². The fraction of sp³-hybridized carbons (Fsp3) is 0.188. The zero-order valence-corrected chi connectivity index (χ0v) is 14.3. The number of anilines is 1. The largest absolute Gasteiger partial charge is 0.493 e. The van der Waals surface area contributed by atoms with E-state index in [-0.39, 0.29) is 11.4 Å². The number of hydrogen-bond acceptors (Lipinski definition) is 8. The van der Waals surface area contributed by atoms with Gasteiger partial charge in [-0.1, -0.05) is 0 Å². The number of hydrogen-bond donors (Lipinski definition) is 1. The highest BCUT2D eigenvalue weighted by Crippen LogP contribution is 2.30. The first-order valence-corrected chi connectivity index (χ1v) is 7.33. The van der Waals surface area contributed by atoms with Crippen LogP contribution in [0.25, 0.3) is 0 Å². The molecule has 2 rings (SSSR count). The number of rotatable bonds is 7. The third-order valence-electron chi connectivity index (χ3n) is 3.53. The second kappa shape index (κ2) is 7.92. The lowest BCUT2D eigenvalue weighted by Crippen LogP contribution is -2.03. The maximum atomic E-state index is 11.1. The van der Waals surface area contributed by atoms with Gasteiger partial charge in [-0.3, -0.25) is 25.7 Å². The van der Waals surface area contributed by atoms with Crippen molar-refractivity contribution in [3.05, 3.63) is 62.2 Å². The van der Waals surface area contributed by atoms with Gasteiger partial charge in [0.1, 0.15) is 5.69 Å². The molecule has 0 aromatic heterocycles. The van der Waals surface area contributed by atoms with Crippen LogP contribution in [0.2, 0.25) is 0 Å². The van der Waals surface area contributed by atoms with E-state index >= 15 is 0 Å². The van der Waals surface area contributed by atoms with Crippen molar-refractivity contribution in [1.82, 2.24) is 0 Å². The molecular weight excluding hydrogens is 344 g/mol. The van der Waals surface area contributed by atoms with Gasteiger partial charge in [-0.15, -0.1) is 0 Å². The van der Waals surface area contributed by atoms with Gasteiger partial charge in [-0.25, -0.2) is 0 Å². The van der Waals surface area contributed by atoms with E-state index in [2.05, 4.69) is 10.5 Å². The Kier molecular flexibility index (Phi) is 5.68. The molecule has 0 saturated carbocycles. The van der Waals surface area contributed by atoms with Crippen LogP contribution in [0.1, 0.15) is 12.5 Å². The number of nitro groups is 2. The standard InChI is InChI=1S/C16H16N4O6/c1-10(11-4-7-15(25-2)16(8-11)26-3)17-18-13-6-5-12(19(21)22)9-14(13)20(23)24/h4-9,18H,1-3H3/b17-10-. The van der Waals surface area contributed by atoms with Gasteiger partial charge in [-0.2, -0.15) is 5.10 Å². The number of hydrazone groups is 1. The van der Waals surface area contributed by atoms with Crippen molar-refractivity contribution in [1.29, 1.82) is 0 Å². The zero-order valence-electron chi connectivity index (χ0n) is 14.3. The molecule has 136 valence electrons. The lowest BCUT2D eigenvalue weighted by Gasteiger charge is -2.09. The van der Waals surface area contributed by atoms with Crippen molar-refractivity contribution in [2.24, 2.45) is 5.10 Å². The smallest absolute Gasteiger partial charge is 0.301 e. The highest BCUT2D eigenvalue weighted by molar-refractivity contribution is 5.99. The molecule has 2 aromatic carbocycles. The fourth-order valence-corrected chi connectivity index (χ4v) is 2.15. The Morgan fingerprint density at radius 3 is 2.27 bits per heavy atom. The van der Waals surface area contributed by atoms with E-state index in [0.29, 0.717) is 22.8 Å². The number of ether oxygens (including phenoxy) is 2. The second-order valence-electron chi connectivity index (χ2n) is 5.09. The maximum absolute atomic E-state index is 11.1. The molecule has 10 heteroatoms. The Bertz CT molecular complexity index is 881. The van der Waals surface area contributed by atoms with Crippen LogP contribution in [-0.2, 0) is 0 Å². The number of nitrogens with one attached hydrogen (secondary N) is 1. The zero-order chi connectivity index (χ0) is 19.3. The SMILES string of the molecule is COc1ccc(/C(C)=N\Nc2ccc([N+](=O)[O-])cc2[N+](=O)[O-])cc1OC. The summed E-state index contributed by atoms with van der Waals surface area (Å²) in [6, 6.07) is 8.46. The molecule has 0 aliphatic carbocycles. The van der Waals surface area contributed by atoms with Gasteiger partial charge in [0, 0.05) is 11.6 Å². The Morgan fingerprint density at radius 2 is 1.69 bits per heavy atom. The molecule has 10 nitrogen and oxygen atoms in total. The van der Waals surface area contributed by atoms with E-state index < -0.39 is 15.5 Å². The molecule has 1 N–H and O–H groups in total. The van der Waals surface area contributed by atoms with Crippen LogP contribution in [0.5, 0.6) is 11.5 Å². The summed E-state index contributed by atoms with van der Waals surface area (Å²) in [7, 11) is 3.03. The third-order valence-corrected chi connectivity index (χ3v) is 3.53. The topological polar surface area (TPSA) is 129 Å². The van der Waals surface area contributed by atoms with Gasteiger partial charge in [-0.05, 0) is 31.2 Å². The second-order valence-corrected chi connectivity index (χ2v) is 5.09. The van der Waals surface area contributed by atoms with Crippen molar-refractivity contribution in [2.45, 2.75) is 6.92 Å². The van der Waals surface area contributed by atoms with Crippen molar-refractivity contribution in [2.75, 3.05) is 19.6 Å². The molecule has 0 aliphatic heterocycles. The van der Waals surface area contributed by atoms with Crippen molar-refractivity contribution < 1.29 is 19.3 Å². The van der Waals surface area contributed by atoms with E-state index in [1.165, 1.54) is 20.3 Å². The van der Waals surface area contributed by atoms with Gasteiger partial charge < -0.3 is 9.47 Å². The first-order chi connectivity index (χ1) is 12.4. The van der Waals surface area contributed by atoms with Gasteiger partial charge in [0.25, 0.3) is 5.69 Å². The van der Waals surface area contributed by atoms with E-state index in [9.17, 15) is 20.2 Å². The normalized spacial score (nSPS) is 11.0. The minimum Gasteiger partial charge on any atom is -0.493 e. The summed E-state index contributed by atoms with van der Waals surface area (Å²) in [5.41, 5.74) is 3.04. The minimum absolute atomic E-state index is 0.0421. The minimum atomic E-state index is -0.712. The number of benzene rings is 2. The van der Waals surface area contributed by atoms with Crippen LogP contribution in [0.15, 0.2) is 41.5 Å². The Morgan fingerprint density at radius 1 is 1.00 bits per heavy atom. The molecule has 0 bridgehead atoms. The summed E-state index contributed by atoms with van der Waals surface area (Å²) in [6.07, 6.45) is 0. The Labute approximate surface area is 148 Å². The van der Waals surface area contributed by atoms with E-state index in [1.807, 2.05) is 0 Å². The van der Waals surface area contributed by atoms with Crippen molar-refractivity contribution >= 4 is 22.8 Å². The molecule has 0 amide bonds. The molecule has 0 spiro atoms. The third kappa shape index (κ3) is 4.04. The quantitative estimate of drug-likeness (QED) is 0.455. The van der Waals surface area contributed by atoms with E-state index in [1.54, 1.807) is 25.1 Å². The fourth-order valence-electron chi connectivity index (χ4n) is 2.15. The number of methoxy groups -OCH3 is 2. The molecule has 0 unspecified atom stereocenters. The molecule has 0 heterocycles. The molecule has 26 heavy (non-hydrogen) atoms. The monoisotopic (exact) mass is 360 g/mol. The van der Waals surface area contributed by atoms with Crippen LogP contribution in [-0.4, -0.2) is 29.8 Å². The lowest BCUT2D eigenvalue weighted by molar-refractivity contribution is -0.393. The Hall–Kier alpha value is -3.69. The summed E-state index contributed by atoms with van der Waals surface area (Å²) < 4.78 is 10.4. The summed E-state index contributed by atoms with van der Waals surface area (Å²) in [5, 5.41) is 26.0. The van der Waals surface area contributed by atoms with Crippen LogP contribution in [0.3, 0.4) is 0 Å². The van der Waals surface area contributed by atoms with E-state index in [4.69, 9.17) is 9.47 Å². The summed E-state index contributed by atoms with van der Waals surface area (Å²) >= 11 is 0. The van der Waals surface area contributed by atoms with Crippen LogP contribution >= 0.6 is 0 Å². The molecule has 0 aliphatic rings. The van der Waals surface area contributed by atoms with Gasteiger partial charge >= 0.3 is 5.69 Å². The molecule has 2 aromatic rings. The maximum Gasteiger partial charge on any atom is 0.301 e. The van der Waals surface area contributed by atoms with Gasteiger partial charge in [0.2, 0.25) is 0 Å². The lowest BCUT2D eigenvalue weighted by atomic mass is 10.1. The van der Waals surface area contributed by atoms with Crippen molar-refractivity contribution in [3.8, 4) is 11.5 Å². The predicted octanol–water partition coefficient (Wildman–Crippen LogP) is 3.36. The Balaban J connectivity index is 2.31.